The average molecular weight is 927 g/mol. The first-order chi connectivity index (χ1) is 28.4. The summed E-state index contributed by atoms with van der Waals surface area (Å²) in [6.45, 7) is 16.0. The van der Waals surface area contributed by atoms with E-state index in [0.717, 1.165) is 40.6 Å². The van der Waals surface area contributed by atoms with Crippen molar-refractivity contribution in [3.63, 3.8) is 0 Å². The van der Waals surface area contributed by atoms with E-state index in [0.29, 0.717) is 35.0 Å². The molecule has 0 saturated carbocycles. The Labute approximate surface area is 362 Å². The monoisotopic (exact) mass is 925 g/mol. The van der Waals surface area contributed by atoms with Gasteiger partial charge in [-0.15, -0.1) is 0 Å². The Hall–Kier alpha value is -6.22. The van der Waals surface area contributed by atoms with Crippen LogP contribution in [0.5, 0.6) is 0 Å². The summed E-state index contributed by atoms with van der Waals surface area (Å²) < 4.78 is 2.64. The van der Waals surface area contributed by atoms with Gasteiger partial charge < -0.3 is 15.1 Å². The van der Waals surface area contributed by atoms with Crippen molar-refractivity contribution in [1.29, 1.82) is 0 Å². The Morgan fingerprint density at radius 1 is 0.593 bits per heavy atom. The van der Waals surface area contributed by atoms with E-state index < -0.39 is 15.8 Å². The number of carboxylic acids is 1. The summed E-state index contributed by atoms with van der Waals surface area (Å²) in [5.74, 6) is -1.14. The first kappa shape index (κ1) is 50.8. The number of aromatic carboxylic acids is 1. The second-order valence-electron chi connectivity index (χ2n) is 11.1. The average Bonchev–Trinajstić information content (AvgIpc) is 4.08. The van der Waals surface area contributed by atoms with Gasteiger partial charge in [0.05, 0.1) is 9.85 Å². The van der Waals surface area contributed by atoms with Gasteiger partial charge in [0.2, 0.25) is 0 Å². The third-order valence-electron chi connectivity index (χ3n) is 7.87. The molecule has 8 rings (SSSR count). The maximum atomic E-state index is 10.7. The fourth-order valence-electron chi connectivity index (χ4n) is 5.38. The molecule has 16 nitrogen and oxygen atoms in total. The molecule has 0 bridgehead atoms. The van der Waals surface area contributed by atoms with Gasteiger partial charge in [-0.2, -0.15) is 0 Å². The number of nitrogens with two attached hydrogens (primary N) is 1. The quantitative estimate of drug-likeness (QED) is 0.0427. The molecule has 0 aliphatic carbocycles. The Bertz CT molecular complexity index is 2580. The van der Waals surface area contributed by atoms with Gasteiger partial charge in [0.1, 0.15) is 16.7 Å². The van der Waals surface area contributed by atoms with Crippen molar-refractivity contribution in [1.82, 2.24) is 19.9 Å². The summed E-state index contributed by atoms with van der Waals surface area (Å²) in [6, 6.07) is 23.8. The van der Waals surface area contributed by atoms with E-state index in [9.17, 15) is 35.1 Å². The first-order valence-electron chi connectivity index (χ1n) is 19.1. The Balaban J connectivity index is 0.000000730. The molecule has 8 aromatic rings. The predicted molar refractivity (Wildman–Crippen MR) is 248 cm³/mol. The number of hydrogen-bond acceptors (Lipinski definition) is 8. The van der Waals surface area contributed by atoms with E-state index in [-0.39, 0.29) is 34.6 Å². The zero-order valence-corrected chi connectivity index (χ0v) is 43.4. The number of anilines is 1. The molecule has 0 spiro atoms. The fraction of sp³-hybridized carbons (Fsp3) is 0.195. The van der Waals surface area contributed by atoms with Crippen molar-refractivity contribution in [2.75, 3.05) is 5.73 Å². The van der Waals surface area contributed by atoms with Crippen molar-refractivity contribution in [2.24, 2.45) is 0 Å². The summed E-state index contributed by atoms with van der Waals surface area (Å²) in [5, 5.41) is 44.1. The number of aromatic amines is 4. The minimum absolute atomic E-state index is 0. The SMILES string of the molecule is CC.CC.CC.CC.Nc1cccc2[c]([GaH2])c[nH]c12.O=C(O)c1cc2cccc([N+](=O)[O-])c2[nH]1.O=[N+]([O-])c1cccc2[c]([GaH2])c[nH]c12.O=[N+]([O-])c1cccc2cc[nH]c12.[2HH]. The van der Waals surface area contributed by atoms with Crippen LogP contribution >= 0.6 is 0 Å². The van der Waals surface area contributed by atoms with E-state index >= 15 is 0 Å². The van der Waals surface area contributed by atoms with Gasteiger partial charge in [-0.1, -0.05) is 79.7 Å². The van der Waals surface area contributed by atoms with Gasteiger partial charge in [0.25, 0.3) is 11.4 Å². The molecule has 0 unspecified atom stereocenters. The van der Waals surface area contributed by atoms with Crippen LogP contribution in [0.25, 0.3) is 43.6 Å². The number of benzene rings is 4. The van der Waals surface area contributed by atoms with Crippen molar-refractivity contribution in [3.05, 3.63) is 140 Å². The number of nitrogens with zero attached hydrogens (tertiary/aromatic N) is 3. The molecule has 312 valence electrons. The van der Waals surface area contributed by atoms with Crippen molar-refractivity contribution in [3.8, 4) is 0 Å². The van der Waals surface area contributed by atoms with Gasteiger partial charge in [0, 0.05) is 30.5 Å². The minimum Gasteiger partial charge on any atom is -0.356 e. The standard InChI is InChI=1S/C9H6N2O4.C8H6N2O2.C8H5N2O2.C8H7N2.4C2H6.2Ga.H2.4H/c12-9(13)6-4-5-2-1-3-7(11(14)15)8(5)10-6;2*11-10(12)7-3-1-2-6-4-5-9-8(6)7;9-7-3-1-2-6-4-5-10-8(6)7;4*1-2;;;;;;;/h1-4,10H,(H,12,13);1-5,9H;1-3,5,9H;1-3,5,10H,9H2;4*1-2H3;;;1H;;;;/i;;;;;;;;;;1+1;;;;. The van der Waals surface area contributed by atoms with Crippen LogP contribution in [0.2, 0.25) is 0 Å². The van der Waals surface area contributed by atoms with Crippen LogP contribution in [0.3, 0.4) is 0 Å². The molecule has 4 aromatic heterocycles. The number of fused-ring (bicyclic) bond motifs is 4. The van der Waals surface area contributed by atoms with E-state index in [1.807, 2.05) is 91.9 Å². The number of carbonyl (C=O) groups is 1. The van der Waals surface area contributed by atoms with E-state index in [1.165, 1.54) is 44.0 Å². The third-order valence-corrected chi connectivity index (χ3v) is 11.3. The van der Waals surface area contributed by atoms with Gasteiger partial charge in [0.15, 0.2) is 0 Å². The number of non-ortho nitro benzene ring substituents is 3. The van der Waals surface area contributed by atoms with Gasteiger partial charge in [-0.3, -0.25) is 20.2 Å². The largest absolute Gasteiger partial charge is 0.356 e. The summed E-state index contributed by atoms with van der Waals surface area (Å²) in [6.07, 6.45) is 5.61. The van der Waals surface area contributed by atoms with Crippen molar-refractivity contribution >= 4 is 118 Å². The molecule has 0 fully saturated rings. The zero-order chi connectivity index (χ0) is 44.8. The number of nitrogens with one attached hydrogen (secondary N) is 4. The van der Waals surface area contributed by atoms with Crippen LogP contribution < -0.4 is 14.0 Å². The first-order valence-corrected chi connectivity index (χ1v) is 23.3. The maximum absolute atomic E-state index is 10.7. The molecule has 0 atom stereocenters. The van der Waals surface area contributed by atoms with E-state index in [2.05, 4.69) is 32.2 Å². The predicted octanol–water partition coefficient (Wildman–Crippen LogP) is 8.54. The van der Waals surface area contributed by atoms with Crippen molar-refractivity contribution in [2.45, 2.75) is 55.4 Å². The molecule has 7 N–H and O–H groups in total. The van der Waals surface area contributed by atoms with Crippen molar-refractivity contribution < 1.29 is 26.1 Å². The van der Waals surface area contributed by atoms with Gasteiger partial charge >= 0.3 is 164 Å². The Kier molecular flexibility index (Phi) is 22.3. The second kappa shape index (κ2) is 25.9. The summed E-state index contributed by atoms with van der Waals surface area (Å²) in [7, 11) is 0. The molecule has 0 amide bonds. The van der Waals surface area contributed by atoms with Crippen LogP contribution in [0.4, 0.5) is 22.7 Å². The number of rotatable bonds is 4. The molecular weight excluding hydrogens is 872 g/mol. The maximum Gasteiger partial charge on any atom is 0.293 e. The molecule has 59 heavy (non-hydrogen) atoms. The number of para-hydroxylation sites is 4. The summed E-state index contributed by atoms with van der Waals surface area (Å²) in [4.78, 5) is 52.6. The third kappa shape index (κ3) is 13.4. The molecule has 4 heterocycles. The topological polar surface area (TPSA) is 256 Å². The molecule has 4 aromatic carbocycles. The van der Waals surface area contributed by atoms with E-state index in [1.54, 1.807) is 24.4 Å². The normalized spacial score (nSPS) is 9.42. The number of carboxylic acid groups (broad SMARTS) is 1. The summed E-state index contributed by atoms with van der Waals surface area (Å²) in [5.41, 5.74) is 9.27. The van der Waals surface area contributed by atoms with Crippen LogP contribution in [0.15, 0.2) is 104 Å². The van der Waals surface area contributed by atoms with Crippen LogP contribution in [0, 0.1) is 30.3 Å². The van der Waals surface area contributed by atoms with Crippen LogP contribution in [-0.2, 0) is 0 Å². The van der Waals surface area contributed by atoms with E-state index in [4.69, 9.17) is 10.8 Å². The number of H-pyrrole nitrogens is 4. The fourth-order valence-corrected chi connectivity index (χ4v) is 7.73. The molecule has 0 aliphatic heterocycles. The zero-order valence-electron chi connectivity index (χ0n) is 35.0. The molecule has 0 saturated heterocycles. The molecular formula is C41H54Ga2N8O8. The molecule has 0 aliphatic rings. The molecule has 0 radical (unpaired) electrons. The number of nitro benzene ring substituents is 3. The smallest absolute Gasteiger partial charge is 0.293 e. The van der Waals surface area contributed by atoms with Gasteiger partial charge in [-0.25, -0.2) is 4.79 Å². The van der Waals surface area contributed by atoms with Gasteiger partial charge in [-0.05, 0) is 12.1 Å². The number of hydrogen-bond donors (Lipinski definition) is 6. The second-order valence-corrected chi connectivity index (χ2v) is 15.7. The molecule has 18 heteroatoms. The summed E-state index contributed by atoms with van der Waals surface area (Å²) >= 11 is 1.26. The number of nitrogen functional groups attached to an aromatic ring is 1. The Morgan fingerprint density at radius 2 is 1.02 bits per heavy atom. The number of aromatic nitrogens is 4. The van der Waals surface area contributed by atoms with Crippen LogP contribution in [-0.4, -0.2) is 83.0 Å². The Morgan fingerprint density at radius 3 is 1.51 bits per heavy atom. The number of nitro groups is 3. The van der Waals surface area contributed by atoms with Crippen LogP contribution in [0.1, 0.15) is 67.3 Å². The minimum atomic E-state index is -1.14.